The number of nitrogens with zero attached hydrogens (tertiary/aromatic N) is 1. The fourth-order valence-corrected chi connectivity index (χ4v) is 1.67. The summed E-state index contributed by atoms with van der Waals surface area (Å²) in [6.07, 6.45) is 0. The quantitative estimate of drug-likeness (QED) is 0.787. The maximum absolute atomic E-state index is 12.0. The highest BCUT2D eigenvalue weighted by Crippen LogP contribution is 2.17. The summed E-state index contributed by atoms with van der Waals surface area (Å²) in [4.78, 5) is 24.7. The van der Waals surface area contributed by atoms with Crippen molar-refractivity contribution in [2.45, 2.75) is 13.0 Å². The maximum Gasteiger partial charge on any atom is 0.236 e. The van der Waals surface area contributed by atoms with Crippen molar-refractivity contribution in [1.82, 2.24) is 15.5 Å². The molecule has 0 saturated carbocycles. The fourth-order valence-electron chi connectivity index (χ4n) is 1.67. The first kappa shape index (κ1) is 15.2. The highest BCUT2D eigenvalue weighted by atomic mass is 16.2. The number of hydrogen-bond donors (Lipinski definition) is 2. The molecule has 0 unspecified atom stereocenters. The van der Waals surface area contributed by atoms with E-state index in [1.165, 1.54) is 0 Å². The van der Waals surface area contributed by atoms with Crippen LogP contribution in [0.3, 0.4) is 0 Å². The van der Waals surface area contributed by atoms with Gasteiger partial charge in [-0.05, 0) is 12.5 Å². The Kier molecular flexibility index (Phi) is 6.02. The summed E-state index contributed by atoms with van der Waals surface area (Å²) in [5, 5.41) is 5.31. The third kappa shape index (κ3) is 4.71. The summed E-state index contributed by atoms with van der Waals surface area (Å²) >= 11 is 0. The Morgan fingerprint density at radius 2 is 1.84 bits per heavy atom. The normalized spacial score (nSPS) is 11.7. The Balaban J connectivity index is 2.46. The van der Waals surface area contributed by atoms with E-state index >= 15 is 0 Å². The van der Waals surface area contributed by atoms with E-state index in [4.69, 9.17) is 0 Å². The summed E-state index contributed by atoms with van der Waals surface area (Å²) in [5.74, 6) is -0.174. The second-order valence-electron chi connectivity index (χ2n) is 4.37. The van der Waals surface area contributed by atoms with Gasteiger partial charge in [0.25, 0.3) is 0 Å². The minimum Gasteiger partial charge on any atom is -0.358 e. The third-order valence-corrected chi connectivity index (χ3v) is 3.10. The Morgan fingerprint density at radius 3 is 2.42 bits per heavy atom. The van der Waals surface area contributed by atoms with Crippen LogP contribution in [-0.4, -0.2) is 43.9 Å². The number of benzene rings is 1. The molecule has 2 N–H and O–H groups in total. The number of rotatable bonds is 6. The second kappa shape index (κ2) is 7.53. The van der Waals surface area contributed by atoms with Gasteiger partial charge in [0.05, 0.1) is 19.1 Å². The fraction of sp³-hybridized carbons (Fsp3) is 0.429. The lowest BCUT2D eigenvalue weighted by Crippen LogP contribution is -2.40. The SMILES string of the molecule is CNC(=O)CNCC(=O)N(C)[C@H](C)c1ccccc1. The second-order valence-corrected chi connectivity index (χ2v) is 4.37. The third-order valence-electron chi connectivity index (χ3n) is 3.10. The highest BCUT2D eigenvalue weighted by molar-refractivity contribution is 5.81. The van der Waals surface area contributed by atoms with Crippen molar-refractivity contribution in [2.75, 3.05) is 27.2 Å². The van der Waals surface area contributed by atoms with Crippen LogP contribution in [0.15, 0.2) is 30.3 Å². The molecular formula is C14H21N3O2. The number of likely N-dealkylation sites (N-methyl/N-ethyl adjacent to an activating group) is 2. The summed E-state index contributed by atoms with van der Waals surface area (Å²) in [6, 6.07) is 9.85. The van der Waals surface area contributed by atoms with Crippen molar-refractivity contribution in [2.24, 2.45) is 0 Å². The van der Waals surface area contributed by atoms with Crippen LogP contribution >= 0.6 is 0 Å². The van der Waals surface area contributed by atoms with E-state index in [0.29, 0.717) is 0 Å². The lowest BCUT2D eigenvalue weighted by atomic mass is 10.1. The van der Waals surface area contributed by atoms with E-state index in [-0.39, 0.29) is 30.9 Å². The van der Waals surface area contributed by atoms with Crippen LogP contribution in [0.2, 0.25) is 0 Å². The number of carbonyl (C=O) groups is 2. The van der Waals surface area contributed by atoms with Crippen LogP contribution in [0, 0.1) is 0 Å². The van der Waals surface area contributed by atoms with Gasteiger partial charge in [0.1, 0.15) is 0 Å². The van der Waals surface area contributed by atoms with Crippen LogP contribution in [0.25, 0.3) is 0 Å². The lowest BCUT2D eigenvalue weighted by Gasteiger charge is -2.25. The molecule has 5 nitrogen and oxygen atoms in total. The zero-order valence-corrected chi connectivity index (χ0v) is 11.6. The van der Waals surface area contributed by atoms with Gasteiger partial charge in [-0.1, -0.05) is 30.3 Å². The van der Waals surface area contributed by atoms with Crippen LogP contribution < -0.4 is 10.6 Å². The van der Waals surface area contributed by atoms with Crippen molar-refractivity contribution >= 4 is 11.8 Å². The molecule has 0 aromatic heterocycles. The van der Waals surface area contributed by atoms with Gasteiger partial charge in [-0.3, -0.25) is 14.9 Å². The molecular weight excluding hydrogens is 242 g/mol. The van der Waals surface area contributed by atoms with Crippen LogP contribution in [0.5, 0.6) is 0 Å². The van der Waals surface area contributed by atoms with E-state index in [9.17, 15) is 9.59 Å². The van der Waals surface area contributed by atoms with Gasteiger partial charge in [-0.15, -0.1) is 0 Å². The Morgan fingerprint density at radius 1 is 1.21 bits per heavy atom. The Labute approximate surface area is 114 Å². The number of amides is 2. The number of hydrogen-bond acceptors (Lipinski definition) is 3. The minimum atomic E-state index is -0.133. The van der Waals surface area contributed by atoms with Crippen molar-refractivity contribution in [3.8, 4) is 0 Å². The van der Waals surface area contributed by atoms with Crippen molar-refractivity contribution in [1.29, 1.82) is 0 Å². The molecule has 0 heterocycles. The van der Waals surface area contributed by atoms with E-state index in [2.05, 4.69) is 10.6 Å². The van der Waals surface area contributed by atoms with E-state index in [1.54, 1.807) is 19.0 Å². The molecule has 0 fully saturated rings. The monoisotopic (exact) mass is 263 g/mol. The standard InChI is InChI=1S/C14H21N3O2/c1-11(12-7-5-4-6-8-12)17(3)14(19)10-16-9-13(18)15-2/h4-8,11,16H,9-10H2,1-3H3,(H,15,18)/t11-/m1/s1. The average Bonchev–Trinajstić information content (AvgIpc) is 2.46. The first-order valence-electron chi connectivity index (χ1n) is 6.28. The summed E-state index contributed by atoms with van der Waals surface area (Å²) in [5.41, 5.74) is 1.09. The van der Waals surface area contributed by atoms with Crippen molar-refractivity contribution < 1.29 is 9.59 Å². The Bertz CT molecular complexity index is 420. The van der Waals surface area contributed by atoms with Gasteiger partial charge in [0.15, 0.2) is 0 Å². The van der Waals surface area contributed by atoms with Gasteiger partial charge >= 0.3 is 0 Å². The van der Waals surface area contributed by atoms with Gasteiger partial charge in [-0.2, -0.15) is 0 Å². The molecule has 0 aliphatic carbocycles. The van der Waals surface area contributed by atoms with Gasteiger partial charge in [-0.25, -0.2) is 0 Å². The van der Waals surface area contributed by atoms with Crippen LogP contribution in [-0.2, 0) is 9.59 Å². The first-order chi connectivity index (χ1) is 9.06. The van der Waals surface area contributed by atoms with E-state index < -0.39 is 0 Å². The molecule has 2 amide bonds. The average molecular weight is 263 g/mol. The molecule has 5 heteroatoms. The minimum absolute atomic E-state index is 0.00972. The largest absolute Gasteiger partial charge is 0.358 e. The molecule has 0 aliphatic heterocycles. The molecule has 0 saturated heterocycles. The van der Waals surface area contributed by atoms with Crippen molar-refractivity contribution in [3.63, 3.8) is 0 Å². The lowest BCUT2D eigenvalue weighted by molar-refractivity contribution is -0.130. The zero-order chi connectivity index (χ0) is 14.3. The molecule has 1 atom stereocenters. The van der Waals surface area contributed by atoms with Gasteiger partial charge in [0.2, 0.25) is 11.8 Å². The van der Waals surface area contributed by atoms with Crippen LogP contribution in [0.1, 0.15) is 18.5 Å². The predicted octanol–water partition coefficient (Wildman–Crippen LogP) is 0.542. The molecule has 0 spiro atoms. The molecule has 1 aromatic rings. The summed E-state index contributed by atoms with van der Waals surface area (Å²) in [7, 11) is 3.33. The predicted molar refractivity (Wildman–Crippen MR) is 74.6 cm³/mol. The molecule has 0 radical (unpaired) electrons. The number of carbonyl (C=O) groups excluding carboxylic acids is 2. The molecule has 0 bridgehead atoms. The zero-order valence-electron chi connectivity index (χ0n) is 11.6. The molecule has 1 rings (SSSR count). The first-order valence-corrected chi connectivity index (χ1v) is 6.28. The Hall–Kier alpha value is -1.88. The van der Waals surface area contributed by atoms with Crippen LogP contribution in [0.4, 0.5) is 0 Å². The molecule has 0 aliphatic rings. The van der Waals surface area contributed by atoms with Gasteiger partial charge in [0, 0.05) is 14.1 Å². The highest BCUT2D eigenvalue weighted by Gasteiger charge is 2.16. The van der Waals surface area contributed by atoms with Crippen molar-refractivity contribution in [3.05, 3.63) is 35.9 Å². The molecule has 1 aromatic carbocycles. The summed E-state index contributed by atoms with van der Waals surface area (Å²) in [6.45, 7) is 2.28. The molecule has 104 valence electrons. The van der Waals surface area contributed by atoms with E-state index in [0.717, 1.165) is 5.56 Å². The molecule has 19 heavy (non-hydrogen) atoms. The topological polar surface area (TPSA) is 61.4 Å². The maximum atomic E-state index is 12.0. The van der Waals surface area contributed by atoms with E-state index in [1.807, 2.05) is 37.3 Å². The number of nitrogens with one attached hydrogen (secondary N) is 2. The summed E-state index contributed by atoms with van der Waals surface area (Å²) < 4.78 is 0. The van der Waals surface area contributed by atoms with Gasteiger partial charge < -0.3 is 10.2 Å². The smallest absolute Gasteiger partial charge is 0.236 e.